The summed E-state index contributed by atoms with van der Waals surface area (Å²) in [6.07, 6.45) is 0.963. The standard InChI is InChI=1S/C20H31N3O5S/c1-5-28-16-7-6-15(12-17(16)27-4)13-23-10-8-18-20(14-23,19(24)21-2)9-11-29(25,26)22(18)3/h6-7,12,18H,5,8-11,13-14H2,1-4H3,(H,21,24)/t18-,20+/m1/s1. The molecule has 2 heterocycles. The molecule has 9 heteroatoms. The van der Waals surface area contributed by atoms with Crippen LogP contribution in [0.4, 0.5) is 0 Å². The number of ether oxygens (including phenoxy) is 2. The normalized spacial score (nSPS) is 27.1. The number of hydrogen-bond acceptors (Lipinski definition) is 6. The van der Waals surface area contributed by atoms with Crippen molar-refractivity contribution in [3.8, 4) is 11.5 Å². The molecule has 3 rings (SSSR count). The van der Waals surface area contributed by atoms with E-state index in [2.05, 4.69) is 10.2 Å². The number of nitrogens with one attached hydrogen (secondary N) is 1. The van der Waals surface area contributed by atoms with Crippen LogP contribution in [0, 0.1) is 5.41 Å². The second-order valence-electron chi connectivity index (χ2n) is 7.75. The molecule has 29 heavy (non-hydrogen) atoms. The number of benzene rings is 1. The Morgan fingerprint density at radius 1 is 1.34 bits per heavy atom. The van der Waals surface area contributed by atoms with Gasteiger partial charge in [0, 0.05) is 39.8 Å². The van der Waals surface area contributed by atoms with Gasteiger partial charge in [-0.05, 0) is 37.5 Å². The van der Waals surface area contributed by atoms with Crippen LogP contribution in [0.3, 0.4) is 0 Å². The summed E-state index contributed by atoms with van der Waals surface area (Å²) in [4.78, 5) is 15.1. The summed E-state index contributed by atoms with van der Waals surface area (Å²) in [5, 5.41) is 2.77. The number of methoxy groups -OCH3 is 1. The quantitative estimate of drug-likeness (QED) is 0.734. The van der Waals surface area contributed by atoms with E-state index in [4.69, 9.17) is 9.47 Å². The van der Waals surface area contributed by atoms with Crippen LogP contribution >= 0.6 is 0 Å². The van der Waals surface area contributed by atoms with E-state index in [9.17, 15) is 13.2 Å². The first-order valence-corrected chi connectivity index (χ1v) is 11.6. The Labute approximate surface area is 173 Å². The Morgan fingerprint density at radius 3 is 2.76 bits per heavy atom. The summed E-state index contributed by atoms with van der Waals surface area (Å²) >= 11 is 0. The molecule has 1 amide bonds. The number of sulfonamides is 1. The number of nitrogens with zero attached hydrogens (tertiary/aromatic N) is 2. The molecular weight excluding hydrogens is 394 g/mol. The van der Waals surface area contributed by atoms with Crippen LogP contribution in [0.5, 0.6) is 11.5 Å². The fourth-order valence-corrected chi connectivity index (χ4v) is 6.26. The second-order valence-corrected chi connectivity index (χ2v) is 9.90. The molecule has 0 saturated carbocycles. The Morgan fingerprint density at radius 2 is 2.10 bits per heavy atom. The van der Waals surface area contributed by atoms with E-state index in [1.54, 1.807) is 21.2 Å². The smallest absolute Gasteiger partial charge is 0.228 e. The number of piperidine rings is 1. The number of rotatable bonds is 6. The molecule has 2 aliphatic heterocycles. The van der Waals surface area contributed by atoms with E-state index in [0.29, 0.717) is 44.0 Å². The highest BCUT2D eigenvalue weighted by atomic mass is 32.2. The van der Waals surface area contributed by atoms with Crippen molar-refractivity contribution < 1.29 is 22.7 Å². The van der Waals surface area contributed by atoms with E-state index in [-0.39, 0.29) is 17.7 Å². The minimum atomic E-state index is -3.30. The lowest BCUT2D eigenvalue weighted by Gasteiger charge is -2.52. The molecule has 2 aliphatic rings. The molecule has 0 aromatic heterocycles. The number of carbonyl (C=O) groups is 1. The minimum absolute atomic E-state index is 0.00185. The average Bonchev–Trinajstić information content (AvgIpc) is 2.71. The Kier molecular flexibility index (Phi) is 6.40. The zero-order valence-electron chi connectivity index (χ0n) is 17.6. The maximum absolute atomic E-state index is 12.9. The first-order valence-electron chi connectivity index (χ1n) is 9.97. The predicted octanol–water partition coefficient (Wildman–Crippen LogP) is 1.07. The third-order valence-electron chi connectivity index (χ3n) is 6.16. The van der Waals surface area contributed by atoms with Gasteiger partial charge in [0.2, 0.25) is 15.9 Å². The van der Waals surface area contributed by atoms with Crippen molar-refractivity contribution in [2.45, 2.75) is 32.4 Å². The fraction of sp³-hybridized carbons (Fsp3) is 0.650. The number of hydrogen-bond donors (Lipinski definition) is 1. The molecule has 1 N–H and O–H groups in total. The predicted molar refractivity (Wildman–Crippen MR) is 111 cm³/mol. The second kappa shape index (κ2) is 8.49. The molecule has 0 spiro atoms. The van der Waals surface area contributed by atoms with Gasteiger partial charge < -0.3 is 14.8 Å². The lowest BCUT2D eigenvalue weighted by molar-refractivity contribution is -0.139. The van der Waals surface area contributed by atoms with Crippen LogP contribution < -0.4 is 14.8 Å². The Bertz CT molecular complexity index is 860. The number of carbonyl (C=O) groups excluding carboxylic acids is 1. The molecule has 2 fully saturated rings. The van der Waals surface area contributed by atoms with Gasteiger partial charge in [0.25, 0.3) is 0 Å². The third kappa shape index (κ3) is 4.08. The zero-order valence-corrected chi connectivity index (χ0v) is 18.4. The molecule has 2 atom stereocenters. The van der Waals surface area contributed by atoms with Crippen molar-refractivity contribution >= 4 is 15.9 Å². The van der Waals surface area contributed by atoms with Gasteiger partial charge in [0.15, 0.2) is 11.5 Å². The highest BCUT2D eigenvalue weighted by molar-refractivity contribution is 7.89. The van der Waals surface area contributed by atoms with Crippen LogP contribution in [0.25, 0.3) is 0 Å². The Balaban J connectivity index is 1.83. The molecule has 2 saturated heterocycles. The monoisotopic (exact) mass is 425 g/mol. The van der Waals surface area contributed by atoms with E-state index in [1.807, 2.05) is 25.1 Å². The van der Waals surface area contributed by atoms with Gasteiger partial charge in [-0.1, -0.05) is 6.07 Å². The van der Waals surface area contributed by atoms with Gasteiger partial charge in [-0.15, -0.1) is 0 Å². The van der Waals surface area contributed by atoms with Crippen LogP contribution in [-0.2, 0) is 21.4 Å². The maximum Gasteiger partial charge on any atom is 0.228 e. The Hall–Kier alpha value is -1.84. The van der Waals surface area contributed by atoms with Gasteiger partial charge >= 0.3 is 0 Å². The van der Waals surface area contributed by atoms with Gasteiger partial charge in [0.05, 0.1) is 24.9 Å². The first-order chi connectivity index (χ1) is 13.8. The van der Waals surface area contributed by atoms with Gasteiger partial charge in [-0.3, -0.25) is 9.69 Å². The largest absolute Gasteiger partial charge is 0.493 e. The lowest BCUT2D eigenvalue weighted by atomic mass is 9.72. The summed E-state index contributed by atoms with van der Waals surface area (Å²) in [6, 6.07) is 5.55. The maximum atomic E-state index is 12.9. The van der Waals surface area contributed by atoms with Crippen molar-refractivity contribution in [2.75, 3.05) is 46.7 Å². The molecule has 8 nitrogen and oxygen atoms in total. The summed E-state index contributed by atoms with van der Waals surface area (Å²) in [7, 11) is 1.53. The van der Waals surface area contributed by atoms with Gasteiger partial charge in [0.1, 0.15) is 0 Å². The van der Waals surface area contributed by atoms with Crippen molar-refractivity contribution in [2.24, 2.45) is 5.41 Å². The van der Waals surface area contributed by atoms with Crippen molar-refractivity contribution in [3.05, 3.63) is 23.8 Å². The third-order valence-corrected chi connectivity index (χ3v) is 8.01. The van der Waals surface area contributed by atoms with Crippen LogP contribution in [-0.4, -0.2) is 76.2 Å². The molecule has 0 radical (unpaired) electrons. The van der Waals surface area contributed by atoms with Crippen molar-refractivity contribution in [3.63, 3.8) is 0 Å². The fourth-order valence-electron chi connectivity index (χ4n) is 4.65. The number of amides is 1. The van der Waals surface area contributed by atoms with E-state index in [1.165, 1.54) is 4.31 Å². The molecule has 1 aromatic carbocycles. The van der Waals surface area contributed by atoms with Crippen LogP contribution in [0.2, 0.25) is 0 Å². The summed E-state index contributed by atoms with van der Waals surface area (Å²) < 4.78 is 37.2. The van der Waals surface area contributed by atoms with Crippen LogP contribution in [0.1, 0.15) is 25.3 Å². The van der Waals surface area contributed by atoms with E-state index < -0.39 is 15.4 Å². The molecule has 0 aliphatic carbocycles. The SMILES string of the molecule is CCOc1ccc(CN2CC[C@H]3N(C)S(=O)(=O)CC[C@]3(C(=O)NC)C2)cc1OC. The molecular formula is C20H31N3O5S. The minimum Gasteiger partial charge on any atom is -0.493 e. The zero-order chi connectivity index (χ0) is 21.2. The highest BCUT2D eigenvalue weighted by Crippen LogP contribution is 2.42. The average molecular weight is 426 g/mol. The van der Waals surface area contributed by atoms with Gasteiger partial charge in [-0.2, -0.15) is 0 Å². The summed E-state index contributed by atoms with van der Waals surface area (Å²) in [5.74, 6) is 1.30. The molecule has 1 aromatic rings. The highest BCUT2D eigenvalue weighted by Gasteiger charge is 2.55. The number of likely N-dealkylation sites (tertiary alicyclic amines) is 1. The van der Waals surface area contributed by atoms with Crippen LogP contribution in [0.15, 0.2) is 18.2 Å². The van der Waals surface area contributed by atoms with Crippen molar-refractivity contribution in [1.29, 1.82) is 0 Å². The van der Waals surface area contributed by atoms with Gasteiger partial charge in [-0.25, -0.2) is 12.7 Å². The molecule has 162 valence electrons. The molecule has 0 bridgehead atoms. The number of fused-ring (bicyclic) bond motifs is 1. The summed E-state index contributed by atoms with van der Waals surface area (Å²) in [6.45, 7) is 4.39. The lowest BCUT2D eigenvalue weighted by Crippen LogP contribution is -2.66. The van der Waals surface area contributed by atoms with E-state index in [0.717, 1.165) is 12.1 Å². The molecule has 0 unspecified atom stereocenters. The topological polar surface area (TPSA) is 88.2 Å². The van der Waals surface area contributed by atoms with Crippen molar-refractivity contribution in [1.82, 2.24) is 14.5 Å². The first kappa shape index (κ1) is 21.9. The summed E-state index contributed by atoms with van der Waals surface area (Å²) in [5.41, 5.74) is 0.329. The van der Waals surface area contributed by atoms with E-state index >= 15 is 0 Å².